The summed E-state index contributed by atoms with van der Waals surface area (Å²) in [4.78, 5) is 29.8. The van der Waals surface area contributed by atoms with Crippen molar-refractivity contribution >= 4 is 50.7 Å². The quantitative estimate of drug-likeness (QED) is 0.126. The maximum Gasteiger partial charge on any atom is 0.264 e. The van der Waals surface area contributed by atoms with Gasteiger partial charge in [-0.1, -0.05) is 91.1 Å². The van der Waals surface area contributed by atoms with Crippen molar-refractivity contribution in [2.24, 2.45) is 0 Å². The Morgan fingerprint density at radius 1 is 0.830 bits per heavy atom. The second-order valence-corrected chi connectivity index (χ2v) is 13.5. The molecule has 4 aromatic rings. The number of rotatable bonds is 16. The van der Waals surface area contributed by atoms with Crippen LogP contribution in [0.4, 0.5) is 5.69 Å². The predicted octanol–water partition coefficient (Wildman–Crippen LogP) is 7.14. The predicted molar refractivity (Wildman–Crippen MR) is 187 cm³/mol. The molecule has 0 aliphatic heterocycles. The number of benzene rings is 4. The van der Waals surface area contributed by atoms with Gasteiger partial charge in [0.05, 0.1) is 27.2 Å². The second kappa shape index (κ2) is 17.2. The minimum atomic E-state index is -4.23. The Morgan fingerprint density at radius 2 is 1.49 bits per heavy atom. The number of amides is 2. The van der Waals surface area contributed by atoms with E-state index in [0.717, 1.165) is 22.7 Å². The molecule has 0 saturated carbocycles. The van der Waals surface area contributed by atoms with Gasteiger partial charge in [-0.05, 0) is 73.0 Å². The topological polar surface area (TPSA) is 96.0 Å². The Hall–Kier alpha value is -4.05. The number of para-hydroxylation sites is 1. The zero-order chi connectivity index (χ0) is 33.8. The number of hydrogen-bond acceptors (Lipinski definition) is 5. The Labute approximate surface area is 287 Å². The lowest BCUT2D eigenvalue weighted by atomic mass is 10.0. The number of nitrogens with zero attached hydrogens (tertiary/aromatic N) is 2. The van der Waals surface area contributed by atoms with Gasteiger partial charge in [-0.3, -0.25) is 13.9 Å². The van der Waals surface area contributed by atoms with E-state index in [2.05, 4.69) is 5.32 Å². The number of nitrogens with one attached hydrogen (secondary N) is 1. The van der Waals surface area contributed by atoms with Crippen molar-refractivity contribution in [1.29, 1.82) is 0 Å². The summed E-state index contributed by atoms with van der Waals surface area (Å²) in [6, 6.07) is 27.9. The number of unbranched alkanes of at least 4 members (excludes halogenated alkanes) is 1. The van der Waals surface area contributed by atoms with Gasteiger partial charge in [0.2, 0.25) is 11.8 Å². The largest absolute Gasteiger partial charge is 0.494 e. The number of ether oxygens (including phenoxy) is 1. The molecule has 0 spiro atoms. The average molecular weight is 697 g/mol. The third-order valence-electron chi connectivity index (χ3n) is 7.48. The molecule has 0 aliphatic rings. The van der Waals surface area contributed by atoms with Crippen molar-refractivity contribution in [3.8, 4) is 5.75 Å². The van der Waals surface area contributed by atoms with Crippen LogP contribution in [-0.2, 0) is 32.6 Å². The van der Waals surface area contributed by atoms with E-state index >= 15 is 0 Å². The van der Waals surface area contributed by atoms with Crippen LogP contribution < -0.4 is 14.4 Å². The van der Waals surface area contributed by atoms with Gasteiger partial charge in [-0.15, -0.1) is 0 Å². The molecular weight excluding hydrogens is 657 g/mol. The second-order valence-electron chi connectivity index (χ2n) is 10.9. The van der Waals surface area contributed by atoms with Gasteiger partial charge in [0.25, 0.3) is 10.0 Å². The first kappa shape index (κ1) is 35.8. The summed E-state index contributed by atoms with van der Waals surface area (Å²) in [5.74, 6) is -0.378. The average Bonchev–Trinajstić information content (AvgIpc) is 3.08. The van der Waals surface area contributed by atoms with E-state index in [1.807, 2.05) is 44.2 Å². The summed E-state index contributed by atoms with van der Waals surface area (Å²) in [7, 11) is -4.23. The molecule has 4 rings (SSSR count). The minimum Gasteiger partial charge on any atom is -0.494 e. The molecule has 0 radical (unpaired) electrons. The van der Waals surface area contributed by atoms with Crippen LogP contribution in [0.25, 0.3) is 0 Å². The lowest BCUT2D eigenvalue weighted by molar-refractivity contribution is -0.140. The third-order valence-corrected chi connectivity index (χ3v) is 10.0. The molecule has 1 atom stereocenters. The number of carbonyl (C=O) groups is 2. The standard InChI is InChI=1S/C36H39Cl2N3O5S/c1-3-5-22-39-36(43)34(24-27-12-8-6-9-13-27)40(25-28-16-21-32(37)33(38)23-28)35(42)26-41(29-14-10-7-11-15-29)47(44,45)31-19-17-30(18-20-31)46-4-2/h6-21,23,34H,3-5,22,24-26H2,1-2H3,(H,39,43). The Kier molecular flexibility index (Phi) is 13.1. The van der Waals surface area contributed by atoms with Crippen molar-refractivity contribution in [2.45, 2.75) is 50.6 Å². The van der Waals surface area contributed by atoms with Gasteiger partial charge in [0.15, 0.2) is 0 Å². The molecule has 11 heteroatoms. The molecule has 1 N–H and O–H groups in total. The summed E-state index contributed by atoms with van der Waals surface area (Å²) in [6.45, 7) is 4.16. The molecule has 0 aliphatic carbocycles. The maximum absolute atomic E-state index is 14.5. The van der Waals surface area contributed by atoms with Gasteiger partial charge in [-0.25, -0.2) is 8.42 Å². The molecule has 0 heterocycles. The Morgan fingerprint density at radius 3 is 2.11 bits per heavy atom. The van der Waals surface area contributed by atoms with Gasteiger partial charge in [0, 0.05) is 19.5 Å². The van der Waals surface area contributed by atoms with E-state index < -0.39 is 28.5 Å². The van der Waals surface area contributed by atoms with Gasteiger partial charge >= 0.3 is 0 Å². The van der Waals surface area contributed by atoms with Gasteiger partial charge in [0.1, 0.15) is 18.3 Å². The first-order valence-corrected chi connectivity index (χ1v) is 17.7. The monoisotopic (exact) mass is 695 g/mol. The highest BCUT2D eigenvalue weighted by Crippen LogP contribution is 2.27. The smallest absolute Gasteiger partial charge is 0.264 e. The molecular formula is C36H39Cl2N3O5S. The summed E-state index contributed by atoms with van der Waals surface area (Å²) in [5.41, 5.74) is 1.78. The van der Waals surface area contributed by atoms with Crippen LogP contribution in [0.1, 0.15) is 37.8 Å². The number of sulfonamides is 1. The van der Waals surface area contributed by atoms with Gasteiger partial charge in [-0.2, -0.15) is 0 Å². The van der Waals surface area contributed by atoms with Crippen molar-refractivity contribution in [3.05, 3.63) is 124 Å². The molecule has 248 valence electrons. The van der Waals surface area contributed by atoms with Crippen molar-refractivity contribution in [3.63, 3.8) is 0 Å². The van der Waals surface area contributed by atoms with Gasteiger partial charge < -0.3 is 15.0 Å². The molecule has 47 heavy (non-hydrogen) atoms. The maximum atomic E-state index is 14.5. The van der Waals surface area contributed by atoms with Crippen molar-refractivity contribution in [2.75, 3.05) is 24.0 Å². The zero-order valence-corrected chi connectivity index (χ0v) is 28.8. The van der Waals surface area contributed by atoms with Crippen molar-refractivity contribution < 1.29 is 22.7 Å². The van der Waals surface area contributed by atoms with Crippen LogP contribution in [0.2, 0.25) is 10.0 Å². The normalized spacial score (nSPS) is 11.8. The zero-order valence-electron chi connectivity index (χ0n) is 26.4. The summed E-state index contributed by atoms with van der Waals surface area (Å²) >= 11 is 12.5. The fraction of sp³-hybridized carbons (Fsp3) is 0.278. The van der Waals surface area contributed by atoms with Crippen LogP contribution in [0.15, 0.2) is 108 Å². The SMILES string of the molecule is CCCCNC(=O)C(Cc1ccccc1)N(Cc1ccc(Cl)c(Cl)c1)C(=O)CN(c1ccccc1)S(=O)(=O)c1ccc(OCC)cc1. The number of halogens is 2. The highest BCUT2D eigenvalue weighted by molar-refractivity contribution is 7.92. The van der Waals surface area contributed by atoms with E-state index in [1.165, 1.54) is 17.0 Å². The third kappa shape index (κ3) is 9.73. The first-order valence-electron chi connectivity index (χ1n) is 15.5. The molecule has 2 amide bonds. The molecule has 0 aromatic heterocycles. The Bertz CT molecular complexity index is 1720. The van der Waals surface area contributed by atoms with Crippen LogP contribution in [0.5, 0.6) is 5.75 Å². The van der Waals surface area contributed by atoms with Crippen LogP contribution in [0.3, 0.4) is 0 Å². The Balaban J connectivity index is 1.77. The first-order chi connectivity index (χ1) is 22.6. The number of anilines is 1. The molecule has 0 bridgehead atoms. The fourth-order valence-electron chi connectivity index (χ4n) is 5.02. The fourth-order valence-corrected chi connectivity index (χ4v) is 6.75. The molecule has 0 saturated heterocycles. The summed E-state index contributed by atoms with van der Waals surface area (Å²) < 4.78 is 34.9. The summed E-state index contributed by atoms with van der Waals surface area (Å²) in [6.07, 6.45) is 1.86. The van der Waals surface area contributed by atoms with E-state index in [1.54, 1.807) is 60.7 Å². The van der Waals surface area contributed by atoms with E-state index in [0.29, 0.717) is 40.2 Å². The highest BCUT2D eigenvalue weighted by atomic mass is 35.5. The molecule has 4 aromatic carbocycles. The van der Waals surface area contributed by atoms with E-state index in [4.69, 9.17) is 27.9 Å². The lowest BCUT2D eigenvalue weighted by Crippen LogP contribution is -2.53. The highest BCUT2D eigenvalue weighted by Gasteiger charge is 2.34. The molecule has 1 unspecified atom stereocenters. The van der Waals surface area contributed by atoms with Crippen LogP contribution in [-0.4, -0.2) is 50.9 Å². The van der Waals surface area contributed by atoms with E-state index in [9.17, 15) is 18.0 Å². The summed E-state index contributed by atoms with van der Waals surface area (Å²) in [5, 5.41) is 3.63. The van der Waals surface area contributed by atoms with E-state index in [-0.39, 0.29) is 23.8 Å². The number of hydrogen-bond donors (Lipinski definition) is 1. The van der Waals surface area contributed by atoms with Crippen LogP contribution in [0, 0.1) is 0 Å². The van der Waals surface area contributed by atoms with Crippen LogP contribution >= 0.6 is 23.2 Å². The molecule has 0 fully saturated rings. The van der Waals surface area contributed by atoms with Crippen molar-refractivity contribution in [1.82, 2.24) is 10.2 Å². The number of carbonyl (C=O) groups excluding carboxylic acids is 2. The minimum absolute atomic E-state index is 0.00761. The lowest BCUT2D eigenvalue weighted by Gasteiger charge is -2.34. The molecule has 8 nitrogen and oxygen atoms in total.